The monoisotopic (exact) mass is 402 g/mol. The average molecular weight is 402 g/mol. The first-order valence-electron chi connectivity index (χ1n) is 8.87. The number of aromatic amines is 1. The zero-order chi connectivity index (χ0) is 20.4. The summed E-state index contributed by atoms with van der Waals surface area (Å²) in [6.07, 6.45) is -0.718. The third-order valence-electron chi connectivity index (χ3n) is 4.43. The molecule has 3 rings (SSSR count). The van der Waals surface area contributed by atoms with E-state index in [2.05, 4.69) is 9.97 Å². The Hall–Kier alpha value is -2.87. The van der Waals surface area contributed by atoms with Crippen LogP contribution >= 0.6 is 11.3 Å². The average Bonchev–Trinajstić information content (AvgIpc) is 2.96. The maximum atomic E-state index is 12.5. The van der Waals surface area contributed by atoms with Crippen LogP contribution in [0.3, 0.4) is 0 Å². The van der Waals surface area contributed by atoms with Gasteiger partial charge in [-0.05, 0) is 51.5 Å². The van der Waals surface area contributed by atoms with E-state index in [0.29, 0.717) is 39.7 Å². The number of benzene rings is 1. The minimum Gasteiger partial charge on any atom is -0.493 e. The number of thiophene rings is 1. The summed E-state index contributed by atoms with van der Waals surface area (Å²) in [4.78, 5) is 33.8. The van der Waals surface area contributed by atoms with E-state index in [4.69, 9.17) is 14.2 Å². The van der Waals surface area contributed by atoms with Crippen LogP contribution in [0.25, 0.3) is 10.2 Å². The minimum atomic E-state index is -0.718. The number of nitrogens with one attached hydrogen (secondary N) is 1. The van der Waals surface area contributed by atoms with Crippen molar-refractivity contribution in [3.8, 4) is 11.5 Å². The Morgan fingerprint density at radius 3 is 2.71 bits per heavy atom. The third-order valence-corrected chi connectivity index (χ3v) is 5.53. The predicted molar refractivity (Wildman–Crippen MR) is 108 cm³/mol. The molecule has 0 radical (unpaired) electrons. The zero-order valence-electron chi connectivity index (χ0n) is 16.4. The molecule has 1 unspecified atom stereocenters. The lowest BCUT2D eigenvalue weighted by atomic mass is 10.2. The summed E-state index contributed by atoms with van der Waals surface area (Å²) in [5.74, 6) is 0.760. The Morgan fingerprint density at radius 1 is 1.29 bits per heavy atom. The highest BCUT2D eigenvalue weighted by Gasteiger charge is 2.20. The van der Waals surface area contributed by atoms with E-state index in [9.17, 15) is 9.59 Å². The van der Waals surface area contributed by atoms with Crippen LogP contribution < -0.4 is 15.0 Å². The number of hydrogen-bond acceptors (Lipinski definition) is 7. The fourth-order valence-corrected chi connectivity index (χ4v) is 3.85. The number of H-pyrrole nitrogens is 1. The molecule has 0 saturated carbocycles. The number of carbonyl (C=O) groups excluding carboxylic acids is 1. The Morgan fingerprint density at radius 2 is 2.04 bits per heavy atom. The third kappa shape index (κ3) is 3.73. The van der Waals surface area contributed by atoms with E-state index in [0.717, 1.165) is 10.4 Å². The van der Waals surface area contributed by atoms with E-state index in [1.54, 1.807) is 25.1 Å². The number of fused-ring (bicyclic) bond motifs is 1. The number of ether oxygens (including phenoxy) is 3. The highest BCUT2D eigenvalue weighted by molar-refractivity contribution is 7.18. The molecule has 1 atom stereocenters. The van der Waals surface area contributed by atoms with E-state index in [1.807, 2.05) is 20.8 Å². The fourth-order valence-electron chi connectivity index (χ4n) is 2.82. The molecule has 0 saturated heterocycles. The molecule has 1 N–H and O–H groups in total. The molecule has 3 aromatic rings. The summed E-state index contributed by atoms with van der Waals surface area (Å²) >= 11 is 1.45. The van der Waals surface area contributed by atoms with Crippen molar-refractivity contribution in [2.75, 3.05) is 13.7 Å². The summed E-state index contributed by atoms with van der Waals surface area (Å²) in [6.45, 7) is 7.86. The molecule has 0 aliphatic carbocycles. The number of aromatic nitrogens is 2. The van der Waals surface area contributed by atoms with Gasteiger partial charge in [-0.2, -0.15) is 0 Å². The first kappa shape index (κ1) is 19.9. The van der Waals surface area contributed by atoms with Crippen LogP contribution in [0.2, 0.25) is 0 Å². The molecule has 0 spiro atoms. The summed E-state index contributed by atoms with van der Waals surface area (Å²) < 4.78 is 16.2. The second-order valence-corrected chi connectivity index (χ2v) is 7.46. The lowest BCUT2D eigenvalue weighted by molar-refractivity contribution is 0.0319. The molecule has 0 aliphatic heterocycles. The van der Waals surface area contributed by atoms with Gasteiger partial charge in [-0.3, -0.25) is 4.79 Å². The Labute approximate surface area is 166 Å². The largest absolute Gasteiger partial charge is 0.493 e. The molecule has 1 aromatic carbocycles. The van der Waals surface area contributed by atoms with Crippen LogP contribution in [-0.2, 0) is 4.74 Å². The van der Waals surface area contributed by atoms with Crippen LogP contribution in [0.15, 0.2) is 23.0 Å². The van der Waals surface area contributed by atoms with Crippen LogP contribution in [0.4, 0.5) is 0 Å². The van der Waals surface area contributed by atoms with Crippen molar-refractivity contribution in [2.24, 2.45) is 0 Å². The van der Waals surface area contributed by atoms with Crippen molar-refractivity contribution < 1.29 is 19.0 Å². The van der Waals surface area contributed by atoms with Gasteiger partial charge in [-0.25, -0.2) is 9.78 Å². The number of methoxy groups -OCH3 is 1. The topological polar surface area (TPSA) is 90.5 Å². The molecule has 28 heavy (non-hydrogen) atoms. The maximum absolute atomic E-state index is 12.5. The Bertz CT molecular complexity index is 1090. The molecule has 148 valence electrons. The second-order valence-electron chi connectivity index (χ2n) is 6.26. The molecule has 2 aromatic heterocycles. The van der Waals surface area contributed by atoms with E-state index < -0.39 is 12.1 Å². The molecule has 2 heterocycles. The molecular formula is C20H22N2O5S. The van der Waals surface area contributed by atoms with E-state index >= 15 is 0 Å². The minimum absolute atomic E-state index is 0.229. The van der Waals surface area contributed by atoms with Gasteiger partial charge in [0.2, 0.25) is 0 Å². The molecular weight excluding hydrogens is 380 g/mol. The van der Waals surface area contributed by atoms with Crippen LogP contribution in [0.1, 0.15) is 46.6 Å². The number of hydrogen-bond donors (Lipinski definition) is 1. The maximum Gasteiger partial charge on any atom is 0.338 e. The van der Waals surface area contributed by atoms with Crippen LogP contribution in [0, 0.1) is 13.8 Å². The van der Waals surface area contributed by atoms with Gasteiger partial charge < -0.3 is 19.2 Å². The van der Waals surface area contributed by atoms with E-state index in [-0.39, 0.29) is 5.56 Å². The highest BCUT2D eigenvalue weighted by atomic mass is 32.1. The van der Waals surface area contributed by atoms with Crippen molar-refractivity contribution >= 4 is 27.5 Å². The number of esters is 1. The number of carbonyl (C=O) groups is 1. The highest BCUT2D eigenvalue weighted by Crippen LogP contribution is 2.30. The van der Waals surface area contributed by atoms with Crippen molar-refractivity contribution in [1.82, 2.24) is 9.97 Å². The van der Waals surface area contributed by atoms with Gasteiger partial charge in [0, 0.05) is 4.88 Å². The van der Waals surface area contributed by atoms with Crippen molar-refractivity contribution in [2.45, 2.75) is 33.8 Å². The smallest absolute Gasteiger partial charge is 0.338 e. The number of nitrogens with zero attached hydrogens (tertiary/aromatic N) is 1. The van der Waals surface area contributed by atoms with Gasteiger partial charge >= 0.3 is 5.97 Å². The van der Waals surface area contributed by atoms with Crippen LogP contribution in [-0.4, -0.2) is 29.7 Å². The van der Waals surface area contributed by atoms with Gasteiger partial charge in [-0.1, -0.05) is 0 Å². The van der Waals surface area contributed by atoms with Crippen molar-refractivity contribution in [1.29, 1.82) is 0 Å². The molecule has 0 aliphatic rings. The molecule has 0 bridgehead atoms. The predicted octanol–water partition coefficient (Wildman–Crippen LogP) is 3.93. The number of rotatable bonds is 6. The van der Waals surface area contributed by atoms with Gasteiger partial charge in [0.15, 0.2) is 23.4 Å². The first-order chi connectivity index (χ1) is 13.3. The molecule has 7 nitrogen and oxygen atoms in total. The quantitative estimate of drug-likeness (QED) is 0.629. The summed E-state index contributed by atoms with van der Waals surface area (Å²) in [6, 6.07) is 4.83. The van der Waals surface area contributed by atoms with Crippen molar-refractivity contribution in [3.63, 3.8) is 0 Å². The molecule has 0 fully saturated rings. The first-order valence-corrected chi connectivity index (χ1v) is 9.69. The summed E-state index contributed by atoms with van der Waals surface area (Å²) in [5.41, 5.74) is 1.01. The van der Waals surface area contributed by atoms with Gasteiger partial charge in [0.1, 0.15) is 4.83 Å². The lowest BCUT2D eigenvalue weighted by Crippen LogP contribution is -2.17. The summed E-state index contributed by atoms with van der Waals surface area (Å²) in [5, 5.41) is 0.584. The van der Waals surface area contributed by atoms with Gasteiger partial charge in [-0.15, -0.1) is 11.3 Å². The second kappa shape index (κ2) is 8.02. The van der Waals surface area contributed by atoms with Crippen molar-refractivity contribution in [3.05, 3.63) is 50.4 Å². The van der Waals surface area contributed by atoms with E-state index in [1.165, 1.54) is 18.4 Å². The molecule has 8 heteroatoms. The SMILES string of the molecule is CCOc1ccc(C(=O)OC(C)c2nc3sc(C)c(C)c3c(=O)[nH]2)cc1OC. The number of aryl methyl sites for hydroxylation is 2. The molecule has 0 amide bonds. The Balaban J connectivity index is 1.84. The van der Waals surface area contributed by atoms with Gasteiger partial charge in [0.25, 0.3) is 5.56 Å². The zero-order valence-corrected chi connectivity index (χ0v) is 17.2. The summed E-state index contributed by atoms with van der Waals surface area (Å²) in [7, 11) is 1.50. The van der Waals surface area contributed by atoms with Gasteiger partial charge in [0.05, 0.1) is 24.7 Å². The lowest BCUT2D eigenvalue weighted by Gasteiger charge is -2.14. The Kier molecular flexibility index (Phi) is 5.69. The normalized spacial score (nSPS) is 12.0. The fraction of sp³-hybridized carbons (Fsp3) is 0.350. The van der Waals surface area contributed by atoms with Crippen LogP contribution in [0.5, 0.6) is 11.5 Å². The standard InChI is InChI=1S/C20H22N2O5S/c1-6-26-14-8-7-13(9-15(14)25-5)20(24)27-11(3)17-21-18(23)16-10(2)12(4)28-19(16)22-17/h7-9,11H,6H2,1-5H3,(H,21,22,23).